The molecule has 4 heteroatoms. The Kier molecular flexibility index (Phi) is 2.47. The molecule has 1 rings (SSSR count). The smallest absolute Gasteiger partial charge is 0.337 e. The molecule has 0 radical (unpaired) electrons. The van der Waals surface area contributed by atoms with Crippen molar-refractivity contribution in [3.63, 3.8) is 0 Å². The summed E-state index contributed by atoms with van der Waals surface area (Å²) in [5.41, 5.74) is -2.56. The zero-order valence-electron chi connectivity index (χ0n) is 9.83. The number of rotatable bonds is 3. The maximum atomic E-state index is 11.3. The van der Waals surface area contributed by atoms with Gasteiger partial charge < -0.3 is 14.6 Å². The Hall–Kier alpha value is -0.900. The van der Waals surface area contributed by atoms with E-state index in [4.69, 9.17) is 4.74 Å². The molecular weight excluding hydrogens is 196 g/mol. The molecule has 1 fully saturated rings. The molecule has 0 spiro atoms. The lowest BCUT2D eigenvalue weighted by atomic mass is 10.1. The van der Waals surface area contributed by atoms with Crippen molar-refractivity contribution < 1.29 is 19.4 Å². The molecule has 1 N–H and O–H groups in total. The van der Waals surface area contributed by atoms with Gasteiger partial charge in [-0.2, -0.15) is 0 Å². The Labute approximate surface area is 89.6 Å². The molecule has 0 aliphatic heterocycles. The van der Waals surface area contributed by atoms with Crippen LogP contribution in [0.5, 0.6) is 0 Å². The number of carboxylic acid groups (broad SMARTS) is 1. The molecule has 0 bridgehead atoms. The quantitative estimate of drug-likeness (QED) is 0.723. The first-order valence-electron chi connectivity index (χ1n) is 4.98. The van der Waals surface area contributed by atoms with Gasteiger partial charge in [-0.25, -0.2) is 4.79 Å². The molecule has 1 saturated carbocycles. The lowest BCUT2D eigenvalue weighted by molar-refractivity contribution is -0.171. The number of aliphatic carboxylic acids is 1. The third-order valence-corrected chi connectivity index (χ3v) is 3.01. The highest BCUT2D eigenvalue weighted by molar-refractivity contribution is 5.91. The summed E-state index contributed by atoms with van der Waals surface area (Å²) < 4.78 is 5.59. The van der Waals surface area contributed by atoms with Gasteiger partial charge in [0.2, 0.25) is 0 Å². The van der Waals surface area contributed by atoms with Crippen LogP contribution in [0.4, 0.5) is 0 Å². The van der Waals surface area contributed by atoms with E-state index in [0.717, 1.165) is 0 Å². The normalized spacial score (nSPS) is 33.5. The zero-order chi connectivity index (χ0) is 12.1. The highest BCUT2D eigenvalue weighted by Crippen LogP contribution is 2.64. The second kappa shape index (κ2) is 3.04. The van der Waals surface area contributed by atoms with Crippen molar-refractivity contribution >= 4 is 12.3 Å². The third kappa shape index (κ3) is 1.57. The summed E-state index contributed by atoms with van der Waals surface area (Å²) in [4.78, 5) is 22.1. The summed E-state index contributed by atoms with van der Waals surface area (Å²) in [5.74, 6) is -1.62. The second-order valence-electron chi connectivity index (χ2n) is 5.59. The number of hydrogen-bond donors (Lipinski definition) is 1. The van der Waals surface area contributed by atoms with Gasteiger partial charge in [0.05, 0.1) is 11.5 Å². The Balaban J connectivity index is 3.05. The minimum absolute atomic E-state index is 0.568. The molecule has 0 aromatic rings. The maximum absolute atomic E-state index is 11.3. The molecule has 0 saturated heterocycles. The van der Waals surface area contributed by atoms with E-state index in [9.17, 15) is 14.7 Å². The number of ether oxygens (including phenoxy) is 1. The average Bonchev–Trinajstić information content (AvgIpc) is 2.45. The van der Waals surface area contributed by atoms with Gasteiger partial charge in [-0.05, 0) is 20.8 Å². The highest BCUT2D eigenvalue weighted by atomic mass is 16.6. The molecule has 1 aliphatic carbocycles. The maximum Gasteiger partial charge on any atom is 0.337 e. The fourth-order valence-electron chi connectivity index (χ4n) is 2.16. The fourth-order valence-corrected chi connectivity index (χ4v) is 2.16. The fraction of sp³-hybridized carbons (Fsp3) is 0.818. The van der Waals surface area contributed by atoms with Gasteiger partial charge in [-0.3, -0.25) is 0 Å². The van der Waals surface area contributed by atoms with Crippen molar-refractivity contribution in [2.45, 2.75) is 45.8 Å². The standard InChI is InChI=1S/C11H18O4/c1-9(2,3)15-11(8(13)14)7(6-12)10(11,4)5/h6-7H,1-5H3,(H,13,14). The first kappa shape index (κ1) is 12.2. The summed E-state index contributed by atoms with van der Waals surface area (Å²) in [6, 6.07) is 0. The van der Waals surface area contributed by atoms with Gasteiger partial charge in [0.25, 0.3) is 0 Å². The number of hydrogen-bond acceptors (Lipinski definition) is 3. The molecule has 0 heterocycles. The van der Waals surface area contributed by atoms with Crippen molar-refractivity contribution in [1.29, 1.82) is 0 Å². The van der Waals surface area contributed by atoms with E-state index < -0.39 is 28.5 Å². The van der Waals surface area contributed by atoms with E-state index in [1.54, 1.807) is 34.6 Å². The SMILES string of the molecule is CC(C)(C)OC1(C(=O)O)C(C=O)C1(C)C. The average molecular weight is 214 g/mol. The number of carbonyl (C=O) groups excluding carboxylic acids is 1. The van der Waals surface area contributed by atoms with E-state index in [0.29, 0.717) is 6.29 Å². The van der Waals surface area contributed by atoms with Crippen molar-refractivity contribution in [1.82, 2.24) is 0 Å². The van der Waals surface area contributed by atoms with Crippen LogP contribution in [0.2, 0.25) is 0 Å². The van der Waals surface area contributed by atoms with Gasteiger partial charge in [0.15, 0.2) is 5.60 Å². The molecule has 86 valence electrons. The van der Waals surface area contributed by atoms with E-state index in [1.807, 2.05) is 0 Å². The van der Waals surface area contributed by atoms with Crippen LogP contribution in [-0.2, 0) is 14.3 Å². The van der Waals surface area contributed by atoms with Gasteiger partial charge in [0, 0.05) is 5.41 Å². The molecule has 2 atom stereocenters. The molecule has 0 aromatic heterocycles. The Bertz CT molecular complexity index is 300. The highest BCUT2D eigenvalue weighted by Gasteiger charge is 2.78. The van der Waals surface area contributed by atoms with E-state index in [1.165, 1.54) is 0 Å². The van der Waals surface area contributed by atoms with Crippen molar-refractivity contribution in [3.05, 3.63) is 0 Å². The molecule has 0 amide bonds. The summed E-state index contributed by atoms with van der Waals surface area (Å²) in [6.45, 7) is 8.84. The largest absolute Gasteiger partial charge is 0.479 e. The second-order valence-corrected chi connectivity index (χ2v) is 5.59. The monoisotopic (exact) mass is 214 g/mol. The number of aldehydes is 1. The van der Waals surface area contributed by atoms with Crippen molar-refractivity contribution in [2.24, 2.45) is 11.3 Å². The summed E-state index contributed by atoms with van der Waals surface area (Å²) in [5, 5.41) is 9.22. The molecule has 4 nitrogen and oxygen atoms in total. The van der Waals surface area contributed by atoms with Crippen LogP contribution < -0.4 is 0 Å². The van der Waals surface area contributed by atoms with Crippen LogP contribution in [0.25, 0.3) is 0 Å². The van der Waals surface area contributed by atoms with Gasteiger partial charge >= 0.3 is 5.97 Å². The van der Waals surface area contributed by atoms with Crippen LogP contribution in [0.3, 0.4) is 0 Å². The molecule has 1 aliphatic rings. The summed E-state index contributed by atoms with van der Waals surface area (Å²) in [6.07, 6.45) is 0.680. The minimum Gasteiger partial charge on any atom is -0.479 e. The van der Waals surface area contributed by atoms with Crippen LogP contribution >= 0.6 is 0 Å². The number of carboxylic acids is 1. The van der Waals surface area contributed by atoms with Gasteiger partial charge in [0.1, 0.15) is 6.29 Å². The van der Waals surface area contributed by atoms with E-state index in [2.05, 4.69) is 0 Å². The first-order chi connectivity index (χ1) is 6.59. The predicted octanol–water partition coefficient (Wildman–Crippen LogP) is 1.48. The summed E-state index contributed by atoms with van der Waals surface area (Å²) in [7, 11) is 0. The van der Waals surface area contributed by atoms with Crippen LogP contribution in [0.1, 0.15) is 34.6 Å². The molecular formula is C11H18O4. The Morgan fingerprint density at radius 1 is 1.40 bits per heavy atom. The molecule has 0 aromatic carbocycles. The topological polar surface area (TPSA) is 63.6 Å². The van der Waals surface area contributed by atoms with Crippen LogP contribution in [0, 0.1) is 11.3 Å². The van der Waals surface area contributed by atoms with Crippen molar-refractivity contribution in [2.75, 3.05) is 0 Å². The van der Waals surface area contributed by atoms with Crippen LogP contribution in [0.15, 0.2) is 0 Å². The Morgan fingerprint density at radius 3 is 2.07 bits per heavy atom. The lowest BCUT2D eigenvalue weighted by Crippen LogP contribution is -2.39. The van der Waals surface area contributed by atoms with Crippen LogP contribution in [-0.4, -0.2) is 28.6 Å². The summed E-state index contributed by atoms with van der Waals surface area (Å²) >= 11 is 0. The van der Waals surface area contributed by atoms with Gasteiger partial charge in [-0.15, -0.1) is 0 Å². The zero-order valence-corrected chi connectivity index (χ0v) is 9.83. The third-order valence-electron chi connectivity index (χ3n) is 3.01. The van der Waals surface area contributed by atoms with E-state index >= 15 is 0 Å². The first-order valence-corrected chi connectivity index (χ1v) is 4.98. The predicted molar refractivity (Wildman–Crippen MR) is 54.5 cm³/mol. The number of carbonyl (C=O) groups is 2. The minimum atomic E-state index is -1.35. The van der Waals surface area contributed by atoms with Crippen molar-refractivity contribution in [3.8, 4) is 0 Å². The van der Waals surface area contributed by atoms with Gasteiger partial charge in [-0.1, -0.05) is 13.8 Å². The van der Waals surface area contributed by atoms with E-state index in [-0.39, 0.29) is 0 Å². The molecule has 15 heavy (non-hydrogen) atoms. The molecule has 2 unspecified atom stereocenters. The Morgan fingerprint density at radius 2 is 1.87 bits per heavy atom. The lowest BCUT2D eigenvalue weighted by Gasteiger charge is -2.27.